The van der Waals surface area contributed by atoms with Gasteiger partial charge in [-0.3, -0.25) is 76.7 Å². The second kappa shape index (κ2) is 47.0. The first kappa shape index (κ1) is 89.7. The molecule has 0 aliphatic carbocycles. The van der Waals surface area contributed by atoms with Crippen LogP contribution in [-0.4, -0.2) is 224 Å². The molecule has 0 saturated heterocycles. The lowest BCUT2D eigenvalue weighted by Gasteiger charge is -2.29. The molecule has 0 aliphatic rings. The number of carboxylic acids is 4. The lowest BCUT2D eigenvalue weighted by Crippen LogP contribution is -2.70. The highest BCUT2D eigenvalue weighted by molar-refractivity contribution is 6.00. The van der Waals surface area contributed by atoms with Crippen molar-refractivity contribution in [3.05, 3.63) is 108 Å². The van der Waals surface area contributed by atoms with E-state index < -0.39 is 250 Å². The molecule has 12 atom stereocenters. The molecule has 0 aliphatic heterocycles. The van der Waals surface area contributed by atoms with Crippen molar-refractivity contribution >= 4 is 101 Å². The van der Waals surface area contributed by atoms with Gasteiger partial charge in [-0.1, -0.05) is 105 Å². The lowest BCUT2D eigenvalue weighted by atomic mass is 9.99. The summed E-state index contributed by atoms with van der Waals surface area (Å²) in [6.45, 7) is 1.79. The Hall–Kier alpha value is -11.5. The summed E-state index contributed by atoms with van der Waals surface area (Å²) in [6.07, 6.45) is -6.59. The molecular formula is C69H99N15O23+2. The average molecular weight is 1510 g/mol. The number of aliphatic hydroxyl groups is 2. The molecule has 0 spiro atoms. The number of carbonyl (C=O) groups is 17. The summed E-state index contributed by atoms with van der Waals surface area (Å²) in [6, 6.07) is 3.80. The van der Waals surface area contributed by atoms with Crippen LogP contribution in [0.4, 0.5) is 0 Å². The van der Waals surface area contributed by atoms with Gasteiger partial charge in [0, 0.05) is 44.9 Å². The number of hydrogen-bond acceptors (Lipinski definition) is 19. The number of aliphatic carboxylic acids is 4. The molecule has 38 nitrogen and oxygen atoms in total. The molecule has 0 bridgehead atoms. The van der Waals surface area contributed by atoms with E-state index in [4.69, 9.17) is 11.5 Å². The topological polar surface area (TPSA) is 651 Å². The quantitative estimate of drug-likeness (QED) is 0.0234. The van der Waals surface area contributed by atoms with E-state index in [2.05, 4.69) is 64.6 Å². The van der Waals surface area contributed by atoms with Gasteiger partial charge in [-0.15, -0.1) is 0 Å². The first-order chi connectivity index (χ1) is 50.6. The average Bonchev–Trinajstić information content (AvgIpc) is 0.882. The number of amides is 13. The summed E-state index contributed by atoms with van der Waals surface area (Å²) in [4.78, 5) is 228. The van der Waals surface area contributed by atoms with Gasteiger partial charge in [0.15, 0.2) is 6.04 Å². The molecule has 0 aromatic heterocycles. The highest BCUT2D eigenvalue weighted by Crippen LogP contribution is 2.15. The first-order valence-corrected chi connectivity index (χ1v) is 34.4. The van der Waals surface area contributed by atoms with E-state index in [1.165, 1.54) is 0 Å². The maximum Gasteiger partial charge on any atom is 0.328 e. The standard InChI is InChI=1S/C69H97N15O23/c1-37(2)30-47(64(101)81-50(33-40-18-10-5-11-19-40)67(104)83-51(34-57(93)94)68(105)84-52(36-86)69(106)107)79-63(100)46(24-28-56(91)92)77-61(98)44(22-26-54(73)88)78-65(102)48(31-38-14-6-3-7-15-38)82-66(103)49(32-39-16-8-4-9-17-39)80-59(96)42(20-12-13-29-70)75-62(99)45(23-27-55(89)90)76-60(97)43(21-25-53(72)87)74-58(95)41(71)35-85/h3-11,14-19,37,41-52,85-86H,12-13,20-36,70-71H2,1-2H3,(H2,72,87)(H2,73,88)(H,74,95)(H,75,99)(H,76,97)(H,77,98)(H,78,102)(H,79,100)(H,80,96)(H,81,101)(H,82,103)(H,83,104)(H,84,105)(H,89,90)(H,91,92)(H,93,94)(H,106,107)/p+2/t41-,42-,43-,44-,45-,46-,47-,48-,49-,50-,51-,52-/m0/s1. The van der Waals surface area contributed by atoms with Crippen molar-refractivity contribution in [3.63, 3.8) is 0 Å². The summed E-state index contributed by atoms with van der Waals surface area (Å²) >= 11 is 0. The molecule has 13 amide bonds. The molecule has 586 valence electrons. The number of benzene rings is 3. The zero-order chi connectivity index (χ0) is 79.9. The van der Waals surface area contributed by atoms with Crippen molar-refractivity contribution in [1.29, 1.82) is 0 Å². The van der Waals surface area contributed by atoms with Crippen LogP contribution in [0.2, 0.25) is 0 Å². The van der Waals surface area contributed by atoms with Gasteiger partial charge >= 0.3 is 23.9 Å². The summed E-state index contributed by atoms with van der Waals surface area (Å²) in [5.74, 6) is -20.7. The van der Waals surface area contributed by atoms with Gasteiger partial charge in [-0.25, -0.2) is 4.79 Å². The predicted molar refractivity (Wildman–Crippen MR) is 374 cm³/mol. The van der Waals surface area contributed by atoms with Gasteiger partial charge in [0.05, 0.1) is 19.6 Å². The number of unbranched alkanes of at least 4 members (excludes halogenated alkanes) is 1. The van der Waals surface area contributed by atoms with Gasteiger partial charge < -0.3 is 112 Å². The van der Waals surface area contributed by atoms with Gasteiger partial charge in [0.2, 0.25) is 70.9 Å². The van der Waals surface area contributed by atoms with Crippen LogP contribution in [0.15, 0.2) is 91.0 Å². The van der Waals surface area contributed by atoms with Crippen molar-refractivity contribution in [2.24, 2.45) is 17.4 Å². The van der Waals surface area contributed by atoms with Crippen LogP contribution in [0.1, 0.15) is 114 Å². The number of carbonyl (C=O) groups excluding carboxylic acids is 13. The normalized spacial score (nSPS) is 14.3. The minimum absolute atomic E-state index is 0.135. The van der Waals surface area contributed by atoms with E-state index in [1.807, 2.05) is 5.32 Å². The second-order valence-corrected chi connectivity index (χ2v) is 25.6. The molecule has 0 saturated carbocycles. The number of quaternary nitrogens is 2. The number of nitrogens with two attached hydrogens (primary N) is 2. The Labute approximate surface area is 614 Å². The maximum atomic E-state index is 15.0. The Balaban J connectivity index is 2.08. The molecule has 38 heteroatoms. The maximum absolute atomic E-state index is 15.0. The van der Waals surface area contributed by atoms with E-state index in [9.17, 15) is 112 Å². The fraction of sp³-hybridized carbons (Fsp3) is 0.493. The minimum Gasteiger partial charge on any atom is -0.481 e. The largest absolute Gasteiger partial charge is 0.481 e. The second-order valence-electron chi connectivity index (χ2n) is 25.6. The van der Waals surface area contributed by atoms with Crippen molar-refractivity contribution in [3.8, 4) is 0 Å². The predicted octanol–water partition coefficient (Wildman–Crippen LogP) is -7.08. The Kier molecular flexibility index (Phi) is 39.4. The fourth-order valence-electron chi connectivity index (χ4n) is 10.5. The van der Waals surface area contributed by atoms with Crippen molar-refractivity contribution in [2.45, 2.75) is 189 Å². The van der Waals surface area contributed by atoms with Gasteiger partial charge in [-0.2, -0.15) is 0 Å². The highest BCUT2D eigenvalue weighted by Gasteiger charge is 2.38. The monoisotopic (exact) mass is 1510 g/mol. The summed E-state index contributed by atoms with van der Waals surface area (Å²) in [5, 5.41) is 84.0. The van der Waals surface area contributed by atoms with E-state index in [1.54, 1.807) is 105 Å². The fourth-order valence-corrected chi connectivity index (χ4v) is 10.5. The van der Waals surface area contributed by atoms with Crippen LogP contribution in [-0.2, 0) is 101 Å². The molecule has 3 aromatic rings. The third-order valence-corrected chi connectivity index (χ3v) is 16.3. The Morgan fingerprint density at radius 1 is 0.346 bits per heavy atom. The van der Waals surface area contributed by atoms with Crippen LogP contribution in [0.25, 0.3) is 0 Å². The van der Waals surface area contributed by atoms with Crippen molar-refractivity contribution < 1.29 is 124 Å². The Morgan fingerprint density at radius 3 is 0.925 bits per heavy atom. The summed E-state index contributed by atoms with van der Waals surface area (Å²) in [7, 11) is 0. The number of carboxylic acid groups (broad SMARTS) is 4. The molecular weight excluding hydrogens is 1410 g/mol. The van der Waals surface area contributed by atoms with Gasteiger partial charge in [-0.05, 0) is 74.0 Å². The molecule has 3 rings (SSSR count). The van der Waals surface area contributed by atoms with Crippen LogP contribution < -0.4 is 81.4 Å². The van der Waals surface area contributed by atoms with Crippen molar-refractivity contribution in [2.75, 3.05) is 19.8 Å². The van der Waals surface area contributed by atoms with E-state index in [0.29, 0.717) is 29.7 Å². The van der Waals surface area contributed by atoms with Crippen LogP contribution in [0, 0.1) is 5.92 Å². The molecule has 107 heavy (non-hydrogen) atoms. The number of rotatable bonds is 51. The molecule has 0 radical (unpaired) electrons. The summed E-state index contributed by atoms with van der Waals surface area (Å²) < 4.78 is 0. The zero-order valence-corrected chi connectivity index (χ0v) is 59.3. The smallest absolute Gasteiger partial charge is 0.328 e. The molecule has 0 fully saturated rings. The zero-order valence-electron chi connectivity index (χ0n) is 59.3. The number of primary amides is 2. The van der Waals surface area contributed by atoms with Gasteiger partial charge in [0.25, 0.3) is 5.91 Å². The highest BCUT2D eigenvalue weighted by atomic mass is 16.4. The molecule has 0 unspecified atom stereocenters. The molecule has 27 N–H and O–H groups in total. The minimum atomic E-state index is -1.97. The Bertz CT molecular complexity index is 3540. The SMILES string of the molecule is CC(C)C[C@H](NC(=O)[C@H](CCC(=O)O)NC(=O)[C@H](CCC(N)=O)NC(=O)[C@H](Cc1ccccc1)NC(=O)[C@H](Cc1ccccc1)NC(=O)[C@H](CCCC[NH3+])NC(=O)[C@H](CCC(=O)O)NC(=O)[C@H](CCC(N)=O)NC(=O)[C@@H]([NH3+])CO)C(=O)N[C@@H](Cc1ccccc1)C(=O)N[C@@H](CC(=O)O)C(=O)N[C@@H](CO)C(=O)O. The van der Waals surface area contributed by atoms with Gasteiger partial charge in [0.1, 0.15) is 73.1 Å². The van der Waals surface area contributed by atoms with Crippen LogP contribution >= 0.6 is 0 Å². The summed E-state index contributed by atoms with van der Waals surface area (Å²) in [5.41, 5.74) is 19.4. The molecule has 3 aromatic carbocycles. The van der Waals surface area contributed by atoms with E-state index >= 15 is 0 Å². The van der Waals surface area contributed by atoms with E-state index in [-0.39, 0.29) is 38.5 Å². The molecule has 0 heterocycles. The number of hydrogen-bond donors (Lipinski definition) is 21. The Morgan fingerprint density at radius 2 is 0.626 bits per heavy atom. The van der Waals surface area contributed by atoms with E-state index in [0.717, 1.165) is 0 Å². The third kappa shape index (κ3) is 34.3. The van der Waals surface area contributed by atoms with Crippen molar-refractivity contribution in [1.82, 2.24) is 58.5 Å². The number of nitrogens with one attached hydrogen (secondary N) is 11. The number of aliphatic hydroxyl groups excluding tert-OH is 2. The lowest BCUT2D eigenvalue weighted by molar-refractivity contribution is -0.409. The first-order valence-electron chi connectivity index (χ1n) is 34.4. The van der Waals surface area contributed by atoms with Crippen LogP contribution in [0.3, 0.4) is 0 Å². The third-order valence-electron chi connectivity index (χ3n) is 16.3. The van der Waals surface area contributed by atoms with Crippen LogP contribution in [0.5, 0.6) is 0 Å².